The van der Waals surface area contributed by atoms with Crippen molar-refractivity contribution in [2.45, 2.75) is 58.0 Å². The van der Waals surface area contributed by atoms with Crippen LogP contribution in [0.1, 0.15) is 46.0 Å². The molecule has 0 aromatic heterocycles. The van der Waals surface area contributed by atoms with E-state index < -0.39 is 6.09 Å². The first-order valence-corrected chi connectivity index (χ1v) is 7.79. The van der Waals surface area contributed by atoms with Gasteiger partial charge in [-0.15, -0.1) is 0 Å². The van der Waals surface area contributed by atoms with Crippen LogP contribution in [0, 0.1) is 11.3 Å². The van der Waals surface area contributed by atoms with Gasteiger partial charge in [0.15, 0.2) is 0 Å². The Balaban J connectivity index is 1.73. The molecule has 2 rings (SSSR count). The molecule has 2 aliphatic rings. The molecule has 3 N–H and O–H groups in total. The standard InChI is InChI=1S/C15H28N2O3/c1-11(2)7-12(10-18)16-13-8-15(9-13)3-5-17(6-4-15)14(19)20/h11-13,16,18H,3-10H2,1-2H3,(H,19,20). The first-order chi connectivity index (χ1) is 9.44. The lowest BCUT2D eigenvalue weighted by molar-refractivity contribution is 0.00280. The Hall–Kier alpha value is -0.810. The fourth-order valence-electron chi connectivity index (χ4n) is 3.78. The second-order valence-electron chi connectivity index (χ2n) is 7.05. The van der Waals surface area contributed by atoms with Crippen LogP contribution in [-0.2, 0) is 0 Å². The van der Waals surface area contributed by atoms with Gasteiger partial charge >= 0.3 is 6.09 Å². The Labute approximate surface area is 121 Å². The van der Waals surface area contributed by atoms with Crippen LogP contribution in [0.5, 0.6) is 0 Å². The van der Waals surface area contributed by atoms with Crippen LogP contribution in [0.2, 0.25) is 0 Å². The van der Waals surface area contributed by atoms with Gasteiger partial charge in [0.25, 0.3) is 0 Å². The van der Waals surface area contributed by atoms with Gasteiger partial charge in [0, 0.05) is 25.2 Å². The molecule has 1 heterocycles. The molecule has 0 radical (unpaired) electrons. The van der Waals surface area contributed by atoms with Crippen molar-refractivity contribution < 1.29 is 15.0 Å². The lowest BCUT2D eigenvalue weighted by Gasteiger charge is -2.52. The maximum Gasteiger partial charge on any atom is 0.407 e. The first kappa shape index (κ1) is 15.6. The van der Waals surface area contributed by atoms with Crippen LogP contribution < -0.4 is 5.32 Å². The minimum absolute atomic E-state index is 0.203. The number of likely N-dealkylation sites (tertiary alicyclic amines) is 1. The molecule has 0 bridgehead atoms. The van der Waals surface area contributed by atoms with E-state index >= 15 is 0 Å². The van der Waals surface area contributed by atoms with E-state index in [9.17, 15) is 9.90 Å². The Morgan fingerprint density at radius 1 is 1.35 bits per heavy atom. The van der Waals surface area contributed by atoms with Gasteiger partial charge in [-0.05, 0) is 43.4 Å². The fraction of sp³-hybridized carbons (Fsp3) is 0.933. The summed E-state index contributed by atoms with van der Waals surface area (Å²) in [6.45, 7) is 5.91. The van der Waals surface area contributed by atoms with E-state index in [0.717, 1.165) is 32.1 Å². The van der Waals surface area contributed by atoms with Crippen molar-refractivity contribution in [3.63, 3.8) is 0 Å². The molecule has 0 aromatic rings. The van der Waals surface area contributed by atoms with Crippen molar-refractivity contribution in [1.29, 1.82) is 0 Å². The van der Waals surface area contributed by atoms with E-state index in [0.29, 0.717) is 30.5 Å². The van der Waals surface area contributed by atoms with Crippen LogP contribution in [-0.4, -0.2) is 53.0 Å². The number of carboxylic acid groups (broad SMARTS) is 1. The summed E-state index contributed by atoms with van der Waals surface area (Å²) in [5, 5.41) is 21.9. The Morgan fingerprint density at radius 3 is 2.40 bits per heavy atom. The molecule has 1 aliphatic heterocycles. The molecule has 1 aliphatic carbocycles. The van der Waals surface area contributed by atoms with Crippen molar-refractivity contribution in [2.75, 3.05) is 19.7 Å². The van der Waals surface area contributed by atoms with Gasteiger partial charge in [0.2, 0.25) is 0 Å². The minimum atomic E-state index is -0.786. The van der Waals surface area contributed by atoms with Crippen molar-refractivity contribution in [2.24, 2.45) is 11.3 Å². The monoisotopic (exact) mass is 284 g/mol. The number of nitrogens with one attached hydrogen (secondary N) is 1. The molecular formula is C15H28N2O3. The molecule has 116 valence electrons. The van der Waals surface area contributed by atoms with Crippen LogP contribution in [0.25, 0.3) is 0 Å². The van der Waals surface area contributed by atoms with E-state index in [4.69, 9.17) is 5.11 Å². The normalized spacial score (nSPS) is 23.9. The maximum atomic E-state index is 10.9. The zero-order valence-electron chi connectivity index (χ0n) is 12.6. The quantitative estimate of drug-likeness (QED) is 0.721. The number of hydrogen-bond acceptors (Lipinski definition) is 3. The van der Waals surface area contributed by atoms with E-state index in [-0.39, 0.29) is 12.6 Å². The molecule has 1 atom stereocenters. The molecule has 2 fully saturated rings. The summed E-state index contributed by atoms with van der Waals surface area (Å²) in [4.78, 5) is 12.4. The SMILES string of the molecule is CC(C)CC(CO)NC1CC2(CCN(C(=O)O)CC2)C1. The second-order valence-corrected chi connectivity index (χ2v) is 7.05. The van der Waals surface area contributed by atoms with Gasteiger partial charge < -0.3 is 20.4 Å². The number of aliphatic hydroxyl groups excluding tert-OH is 1. The summed E-state index contributed by atoms with van der Waals surface area (Å²) >= 11 is 0. The number of piperidine rings is 1. The zero-order chi connectivity index (χ0) is 14.8. The molecule has 1 amide bonds. The highest BCUT2D eigenvalue weighted by atomic mass is 16.4. The van der Waals surface area contributed by atoms with Gasteiger partial charge in [-0.2, -0.15) is 0 Å². The molecule has 5 heteroatoms. The van der Waals surface area contributed by atoms with Crippen LogP contribution in [0.15, 0.2) is 0 Å². The minimum Gasteiger partial charge on any atom is -0.465 e. The average molecular weight is 284 g/mol. The number of hydrogen-bond donors (Lipinski definition) is 3. The predicted molar refractivity (Wildman–Crippen MR) is 77.8 cm³/mol. The van der Waals surface area contributed by atoms with E-state index in [1.54, 1.807) is 0 Å². The second kappa shape index (κ2) is 6.31. The predicted octanol–water partition coefficient (Wildman–Crippen LogP) is 1.91. The Bertz CT molecular complexity index is 330. The third-order valence-electron chi connectivity index (χ3n) is 4.90. The van der Waals surface area contributed by atoms with Crippen molar-refractivity contribution in [3.05, 3.63) is 0 Å². The summed E-state index contributed by atoms with van der Waals surface area (Å²) in [5.41, 5.74) is 0.363. The van der Waals surface area contributed by atoms with E-state index in [2.05, 4.69) is 19.2 Å². The summed E-state index contributed by atoms with van der Waals surface area (Å²) < 4.78 is 0. The average Bonchev–Trinajstić information content (AvgIpc) is 2.36. The van der Waals surface area contributed by atoms with Gasteiger partial charge in [-0.1, -0.05) is 13.8 Å². The highest BCUT2D eigenvalue weighted by Crippen LogP contribution is 2.49. The lowest BCUT2D eigenvalue weighted by atomic mass is 9.60. The van der Waals surface area contributed by atoms with Gasteiger partial charge in [-0.25, -0.2) is 4.79 Å². The lowest BCUT2D eigenvalue weighted by Crippen LogP contribution is -2.56. The van der Waals surface area contributed by atoms with Crippen LogP contribution in [0.4, 0.5) is 4.79 Å². The summed E-state index contributed by atoms with van der Waals surface area (Å²) in [5.74, 6) is 0.590. The Morgan fingerprint density at radius 2 is 1.95 bits per heavy atom. The van der Waals surface area contributed by atoms with Crippen molar-refractivity contribution >= 4 is 6.09 Å². The number of amides is 1. The first-order valence-electron chi connectivity index (χ1n) is 7.79. The van der Waals surface area contributed by atoms with Gasteiger partial charge in [0.1, 0.15) is 0 Å². The molecule has 1 saturated heterocycles. The highest BCUT2D eigenvalue weighted by molar-refractivity contribution is 5.65. The largest absolute Gasteiger partial charge is 0.465 e. The summed E-state index contributed by atoms with van der Waals surface area (Å²) in [7, 11) is 0. The zero-order valence-corrected chi connectivity index (χ0v) is 12.6. The van der Waals surface area contributed by atoms with Crippen molar-refractivity contribution in [1.82, 2.24) is 10.2 Å². The Kier molecular flexibility index (Phi) is 4.91. The summed E-state index contributed by atoms with van der Waals surface area (Å²) in [6, 6.07) is 0.707. The maximum absolute atomic E-state index is 10.9. The molecule has 1 spiro atoms. The molecule has 1 saturated carbocycles. The number of rotatable bonds is 5. The molecule has 0 aromatic carbocycles. The van der Waals surface area contributed by atoms with Gasteiger partial charge in [-0.3, -0.25) is 0 Å². The van der Waals surface area contributed by atoms with Crippen LogP contribution >= 0.6 is 0 Å². The van der Waals surface area contributed by atoms with Crippen molar-refractivity contribution in [3.8, 4) is 0 Å². The molecule has 5 nitrogen and oxygen atoms in total. The van der Waals surface area contributed by atoms with E-state index in [1.165, 1.54) is 4.90 Å². The number of nitrogens with zero attached hydrogens (tertiary/aromatic N) is 1. The third kappa shape index (κ3) is 3.64. The molecular weight excluding hydrogens is 256 g/mol. The summed E-state index contributed by atoms with van der Waals surface area (Å²) in [6.07, 6.45) is 4.47. The number of aliphatic hydroxyl groups is 1. The topological polar surface area (TPSA) is 72.8 Å². The molecule has 20 heavy (non-hydrogen) atoms. The fourth-order valence-corrected chi connectivity index (χ4v) is 3.78. The third-order valence-corrected chi connectivity index (χ3v) is 4.90. The van der Waals surface area contributed by atoms with Crippen LogP contribution in [0.3, 0.4) is 0 Å². The molecule has 1 unspecified atom stereocenters. The highest BCUT2D eigenvalue weighted by Gasteiger charge is 2.46. The number of carbonyl (C=O) groups is 1. The van der Waals surface area contributed by atoms with Gasteiger partial charge in [0.05, 0.1) is 6.61 Å². The van der Waals surface area contributed by atoms with E-state index in [1.807, 2.05) is 0 Å². The smallest absolute Gasteiger partial charge is 0.407 e.